The average molecular weight is 800 g/mol. The summed E-state index contributed by atoms with van der Waals surface area (Å²) < 4.78 is 62.7. The van der Waals surface area contributed by atoms with Gasteiger partial charge >= 0.3 is 5.69 Å². The molecule has 0 bridgehead atoms. The van der Waals surface area contributed by atoms with E-state index in [9.17, 15) is 23.1 Å². The number of methoxy groups -OCH3 is 2. The van der Waals surface area contributed by atoms with Crippen molar-refractivity contribution in [2.24, 2.45) is 0 Å². The Balaban J connectivity index is 1.29. The summed E-state index contributed by atoms with van der Waals surface area (Å²) in [5.74, 6) is 0.597. The molecule has 0 aliphatic carbocycles. The Hall–Kier alpha value is -5.42. The quantitative estimate of drug-likeness (QED) is 0.0760. The predicted octanol–water partition coefficient (Wildman–Crippen LogP) is 4.63. The molecule has 1 fully saturated rings. The normalized spacial score (nSPS) is 18.3. The van der Waals surface area contributed by atoms with Crippen LogP contribution in [0.4, 0.5) is 5.82 Å². The van der Waals surface area contributed by atoms with Crippen LogP contribution >= 0.6 is 0 Å². The summed E-state index contributed by atoms with van der Waals surface area (Å²) in [5, 5.41) is 14.3. The van der Waals surface area contributed by atoms with Crippen molar-refractivity contribution in [3.8, 4) is 11.5 Å². The molecule has 300 valence electrons. The van der Waals surface area contributed by atoms with Crippen LogP contribution in [0.1, 0.15) is 35.4 Å². The molecule has 0 unspecified atom stereocenters. The SMILES string of the molecule is COc1ccc(C(OC[C@H]2O[C@@H](n3ccc(NC(C)=O)nc3=O)[C@H](OCOCCS(=O)(=O)c3ccc(C)cc3)[C@@H]2O)(c2ccccc2)c2ccc(OC)cc2)cc1. The van der Waals surface area contributed by atoms with Crippen LogP contribution in [0, 0.1) is 6.92 Å². The Morgan fingerprint density at radius 3 is 2.04 bits per heavy atom. The van der Waals surface area contributed by atoms with Crippen LogP contribution in [0.2, 0.25) is 0 Å². The van der Waals surface area contributed by atoms with Gasteiger partial charge in [0.15, 0.2) is 16.1 Å². The number of ether oxygens (including phenoxy) is 6. The number of amides is 1. The molecule has 2 heterocycles. The first-order chi connectivity index (χ1) is 27.4. The predicted molar refractivity (Wildman–Crippen MR) is 210 cm³/mol. The van der Waals surface area contributed by atoms with Crippen molar-refractivity contribution in [2.75, 3.05) is 45.3 Å². The van der Waals surface area contributed by atoms with Gasteiger partial charge in [-0.2, -0.15) is 4.98 Å². The Morgan fingerprint density at radius 2 is 1.47 bits per heavy atom. The zero-order valence-corrected chi connectivity index (χ0v) is 32.8. The van der Waals surface area contributed by atoms with Gasteiger partial charge in [0.25, 0.3) is 0 Å². The van der Waals surface area contributed by atoms with E-state index in [1.807, 2.05) is 85.8 Å². The average Bonchev–Trinajstić information content (AvgIpc) is 3.52. The Kier molecular flexibility index (Phi) is 13.2. The monoisotopic (exact) mass is 799 g/mol. The lowest BCUT2D eigenvalue weighted by molar-refractivity contribution is -0.138. The number of sulfone groups is 1. The van der Waals surface area contributed by atoms with E-state index in [2.05, 4.69) is 10.3 Å². The van der Waals surface area contributed by atoms with E-state index in [0.717, 1.165) is 26.8 Å². The molecular weight excluding hydrogens is 755 g/mol. The number of hydrogen-bond acceptors (Lipinski definition) is 12. The minimum atomic E-state index is -3.64. The summed E-state index contributed by atoms with van der Waals surface area (Å²) in [5.41, 5.74) is 1.18. The Morgan fingerprint density at radius 1 is 0.877 bits per heavy atom. The fourth-order valence-electron chi connectivity index (χ4n) is 6.62. The van der Waals surface area contributed by atoms with Crippen LogP contribution < -0.4 is 20.5 Å². The molecule has 14 nitrogen and oxygen atoms in total. The number of aromatic nitrogens is 2. The van der Waals surface area contributed by atoms with Crippen molar-refractivity contribution in [3.05, 3.63) is 148 Å². The molecule has 4 aromatic carbocycles. The van der Waals surface area contributed by atoms with Crippen LogP contribution in [0.25, 0.3) is 0 Å². The maximum Gasteiger partial charge on any atom is 0.351 e. The van der Waals surface area contributed by atoms with Gasteiger partial charge in [0, 0.05) is 13.1 Å². The molecule has 0 saturated carbocycles. The van der Waals surface area contributed by atoms with E-state index in [0.29, 0.717) is 11.5 Å². The number of aliphatic hydroxyl groups is 1. The van der Waals surface area contributed by atoms with Crippen molar-refractivity contribution in [1.29, 1.82) is 0 Å². The van der Waals surface area contributed by atoms with E-state index < -0.39 is 58.4 Å². The van der Waals surface area contributed by atoms with Crippen LogP contribution in [-0.4, -0.2) is 87.3 Å². The molecule has 57 heavy (non-hydrogen) atoms. The third-order valence-electron chi connectivity index (χ3n) is 9.58. The number of carbonyl (C=O) groups excluding carboxylic acids is 1. The molecule has 6 rings (SSSR count). The highest BCUT2D eigenvalue weighted by molar-refractivity contribution is 7.91. The van der Waals surface area contributed by atoms with Gasteiger partial charge in [-0.25, -0.2) is 13.2 Å². The van der Waals surface area contributed by atoms with Crippen LogP contribution in [0.15, 0.2) is 125 Å². The topological polar surface area (TPSA) is 174 Å². The largest absolute Gasteiger partial charge is 0.497 e. The highest BCUT2D eigenvalue weighted by atomic mass is 32.2. The number of nitrogens with one attached hydrogen (secondary N) is 1. The molecular formula is C42H45N3O11S. The van der Waals surface area contributed by atoms with E-state index in [4.69, 9.17) is 28.4 Å². The minimum absolute atomic E-state index is 0.0318. The van der Waals surface area contributed by atoms with Gasteiger partial charge in [0.1, 0.15) is 48.0 Å². The maximum absolute atomic E-state index is 13.3. The first kappa shape index (κ1) is 41.2. The smallest absolute Gasteiger partial charge is 0.351 e. The first-order valence-electron chi connectivity index (χ1n) is 18.1. The lowest BCUT2D eigenvalue weighted by atomic mass is 9.80. The maximum atomic E-state index is 13.3. The first-order valence-corrected chi connectivity index (χ1v) is 19.8. The number of benzene rings is 4. The Bertz CT molecular complexity index is 2220. The number of nitrogens with zero attached hydrogens (tertiary/aromatic N) is 2. The second-order valence-corrected chi connectivity index (χ2v) is 15.5. The summed E-state index contributed by atoms with van der Waals surface area (Å²) in [7, 11) is -0.469. The lowest BCUT2D eigenvalue weighted by Gasteiger charge is -2.37. The fraction of sp³-hybridized carbons (Fsp3) is 0.310. The molecule has 1 aliphatic rings. The van der Waals surface area contributed by atoms with Gasteiger partial charge in [0.05, 0.1) is 38.1 Å². The van der Waals surface area contributed by atoms with E-state index in [1.165, 1.54) is 19.2 Å². The zero-order chi connectivity index (χ0) is 40.6. The summed E-state index contributed by atoms with van der Waals surface area (Å²) in [6.07, 6.45) is -3.50. The number of aryl methyl sites for hydroxylation is 1. The zero-order valence-electron chi connectivity index (χ0n) is 31.9. The molecule has 15 heteroatoms. The number of anilines is 1. The van der Waals surface area contributed by atoms with Crippen molar-refractivity contribution in [2.45, 2.75) is 48.9 Å². The molecule has 1 saturated heterocycles. The molecule has 5 aromatic rings. The lowest BCUT2D eigenvalue weighted by Crippen LogP contribution is -2.41. The standard InChI is InChI=1S/C42H45N3O11S/c1-28-10-20-35(21-11-28)57(49,50)25-24-53-27-54-39-38(47)36(56-40(39)45-23-22-37(43-29(2)46)44-41(45)48)26-55-42(30-8-6-5-7-9-30,31-12-16-33(51-3)17-13-31)32-14-18-34(52-4)19-15-32/h5-23,36,38-40,47H,24-27H2,1-4H3,(H,43,44,46,48)/t36-,38-,39-,40-/m1/s1. The highest BCUT2D eigenvalue weighted by Crippen LogP contribution is 2.43. The molecule has 1 aromatic heterocycles. The molecule has 1 aliphatic heterocycles. The number of hydrogen-bond donors (Lipinski definition) is 2. The second kappa shape index (κ2) is 18.2. The van der Waals surface area contributed by atoms with Gasteiger partial charge in [-0.15, -0.1) is 0 Å². The summed E-state index contributed by atoms with van der Waals surface area (Å²) in [4.78, 5) is 29.1. The van der Waals surface area contributed by atoms with Crippen molar-refractivity contribution in [3.63, 3.8) is 0 Å². The second-order valence-electron chi connectivity index (χ2n) is 13.3. The van der Waals surface area contributed by atoms with Gasteiger partial charge < -0.3 is 38.8 Å². The Labute approximate surface area is 330 Å². The minimum Gasteiger partial charge on any atom is -0.497 e. The van der Waals surface area contributed by atoms with Gasteiger partial charge in [-0.3, -0.25) is 9.36 Å². The summed E-state index contributed by atoms with van der Waals surface area (Å²) in [6.45, 7) is 2.32. The van der Waals surface area contributed by atoms with E-state index in [-0.39, 0.29) is 29.7 Å². The number of rotatable bonds is 17. The van der Waals surface area contributed by atoms with E-state index >= 15 is 0 Å². The molecule has 1 amide bonds. The third-order valence-corrected chi connectivity index (χ3v) is 11.3. The van der Waals surface area contributed by atoms with Crippen LogP contribution in [0.3, 0.4) is 0 Å². The molecule has 0 spiro atoms. The van der Waals surface area contributed by atoms with Crippen molar-refractivity contribution in [1.82, 2.24) is 9.55 Å². The van der Waals surface area contributed by atoms with Gasteiger partial charge in [0.2, 0.25) is 5.91 Å². The van der Waals surface area contributed by atoms with Gasteiger partial charge in [-0.1, -0.05) is 72.3 Å². The highest BCUT2D eigenvalue weighted by Gasteiger charge is 2.48. The van der Waals surface area contributed by atoms with Gasteiger partial charge in [-0.05, 0) is 66.1 Å². The molecule has 0 radical (unpaired) electrons. The van der Waals surface area contributed by atoms with E-state index in [1.54, 1.807) is 38.5 Å². The third kappa shape index (κ3) is 9.42. The van der Waals surface area contributed by atoms with Crippen molar-refractivity contribution < 1.29 is 46.7 Å². The number of carbonyl (C=O) groups is 1. The van der Waals surface area contributed by atoms with Crippen LogP contribution in [0.5, 0.6) is 11.5 Å². The fourth-order valence-corrected chi connectivity index (χ4v) is 7.74. The summed E-state index contributed by atoms with van der Waals surface area (Å²) >= 11 is 0. The van der Waals surface area contributed by atoms with Crippen molar-refractivity contribution >= 4 is 21.6 Å². The molecule has 2 N–H and O–H groups in total. The summed E-state index contributed by atoms with van der Waals surface area (Å²) in [6, 6.07) is 32.4. The number of aliphatic hydroxyl groups excluding tert-OH is 1. The molecule has 4 atom stereocenters. The van der Waals surface area contributed by atoms with Crippen LogP contribution in [-0.2, 0) is 39.2 Å².